The van der Waals surface area contributed by atoms with E-state index in [1.165, 1.54) is 0 Å². The van der Waals surface area contributed by atoms with Crippen LogP contribution in [-0.2, 0) is 11.3 Å². The molecule has 2 fully saturated rings. The number of piperidine rings is 1. The van der Waals surface area contributed by atoms with Crippen LogP contribution in [-0.4, -0.2) is 37.2 Å². The number of carbonyl (C=O) groups excluding carboxylic acids is 1. The van der Waals surface area contributed by atoms with Crippen LogP contribution in [0.5, 0.6) is 0 Å². The summed E-state index contributed by atoms with van der Waals surface area (Å²) in [5.41, 5.74) is 1.13. The third-order valence-corrected chi connectivity index (χ3v) is 4.70. The SMILES string of the molecule is Cl.O=C(OCc1cc(Cl)cc(Cl)c1)N1CC2(CCNCC2)C1. The second-order valence-electron chi connectivity index (χ2n) is 5.94. The summed E-state index contributed by atoms with van der Waals surface area (Å²) in [6, 6.07) is 5.17. The molecule has 1 N–H and O–H groups in total. The predicted octanol–water partition coefficient (Wildman–Crippen LogP) is 3.74. The quantitative estimate of drug-likeness (QED) is 0.868. The van der Waals surface area contributed by atoms with Crippen LogP contribution in [0.3, 0.4) is 0 Å². The van der Waals surface area contributed by atoms with E-state index >= 15 is 0 Å². The molecule has 3 rings (SSSR count). The smallest absolute Gasteiger partial charge is 0.410 e. The highest BCUT2D eigenvalue weighted by Crippen LogP contribution is 2.38. The lowest BCUT2D eigenvalue weighted by Gasteiger charge is -2.51. The predicted molar refractivity (Wildman–Crippen MR) is 90.0 cm³/mol. The van der Waals surface area contributed by atoms with Gasteiger partial charge in [-0.15, -0.1) is 12.4 Å². The maximum Gasteiger partial charge on any atom is 0.410 e. The van der Waals surface area contributed by atoms with Gasteiger partial charge >= 0.3 is 6.09 Å². The van der Waals surface area contributed by atoms with Gasteiger partial charge in [-0.1, -0.05) is 23.2 Å². The van der Waals surface area contributed by atoms with Crippen molar-refractivity contribution < 1.29 is 9.53 Å². The summed E-state index contributed by atoms with van der Waals surface area (Å²) in [6.45, 7) is 3.91. The third-order valence-electron chi connectivity index (χ3n) is 4.26. The van der Waals surface area contributed by atoms with Crippen molar-refractivity contribution in [1.82, 2.24) is 10.2 Å². The zero-order valence-electron chi connectivity index (χ0n) is 12.1. The van der Waals surface area contributed by atoms with Gasteiger partial charge in [-0.05, 0) is 49.7 Å². The molecule has 0 aromatic heterocycles. The van der Waals surface area contributed by atoms with Gasteiger partial charge in [0, 0.05) is 28.5 Å². The van der Waals surface area contributed by atoms with Gasteiger partial charge in [-0.3, -0.25) is 0 Å². The Kier molecular flexibility index (Phi) is 5.83. The fourth-order valence-corrected chi connectivity index (χ4v) is 3.67. The van der Waals surface area contributed by atoms with Crippen LogP contribution in [0.25, 0.3) is 0 Å². The molecular weight excluding hydrogens is 347 g/mol. The lowest BCUT2D eigenvalue weighted by atomic mass is 9.73. The standard InChI is InChI=1S/C15H18Cl2N2O2.ClH/c16-12-5-11(6-13(17)7-12)8-21-14(20)19-9-15(10-19)1-3-18-4-2-15;/h5-7,18H,1-4,8-10H2;1H. The number of halogens is 3. The summed E-state index contributed by atoms with van der Waals surface area (Å²) in [5.74, 6) is 0. The maximum absolute atomic E-state index is 12.0. The second kappa shape index (κ2) is 7.26. The minimum absolute atomic E-state index is 0. The van der Waals surface area contributed by atoms with Crippen LogP contribution < -0.4 is 5.32 Å². The summed E-state index contributed by atoms with van der Waals surface area (Å²) in [6.07, 6.45) is 2.02. The van der Waals surface area contributed by atoms with Gasteiger partial charge in [0.1, 0.15) is 6.61 Å². The summed E-state index contributed by atoms with van der Waals surface area (Å²) >= 11 is 11.8. The molecule has 2 aliphatic heterocycles. The van der Waals surface area contributed by atoms with Crippen molar-refractivity contribution in [3.05, 3.63) is 33.8 Å². The lowest BCUT2D eigenvalue weighted by Crippen LogP contribution is -2.61. The van der Waals surface area contributed by atoms with Crippen molar-refractivity contribution in [3.63, 3.8) is 0 Å². The molecule has 0 atom stereocenters. The number of likely N-dealkylation sites (tertiary alicyclic amines) is 1. The van der Waals surface area contributed by atoms with Gasteiger partial charge in [0.25, 0.3) is 0 Å². The van der Waals surface area contributed by atoms with E-state index in [-0.39, 0.29) is 25.1 Å². The van der Waals surface area contributed by atoms with Gasteiger partial charge in [0.15, 0.2) is 0 Å². The van der Waals surface area contributed by atoms with E-state index in [0.717, 1.165) is 44.6 Å². The summed E-state index contributed by atoms with van der Waals surface area (Å²) in [4.78, 5) is 13.8. The van der Waals surface area contributed by atoms with Crippen molar-refractivity contribution in [1.29, 1.82) is 0 Å². The van der Waals surface area contributed by atoms with E-state index in [1.54, 1.807) is 23.1 Å². The molecule has 1 spiro atoms. The van der Waals surface area contributed by atoms with E-state index in [2.05, 4.69) is 5.32 Å². The van der Waals surface area contributed by atoms with Crippen molar-refractivity contribution in [2.24, 2.45) is 5.41 Å². The Morgan fingerprint density at radius 3 is 2.36 bits per heavy atom. The van der Waals surface area contributed by atoms with Crippen molar-refractivity contribution in [3.8, 4) is 0 Å². The Morgan fingerprint density at radius 1 is 1.18 bits per heavy atom. The number of ether oxygens (including phenoxy) is 1. The van der Waals surface area contributed by atoms with Gasteiger partial charge < -0.3 is 15.0 Å². The molecule has 1 aromatic rings. The average Bonchev–Trinajstić information content (AvgIpc) is 2.42. The first-order valence-electron chi connectivity index (χ1n) is 7.14. The monoisotopic (exact) mass is 364 g/mol. The molecule has 2 saturated heterocycles. The normalized spacial score (nSPS) is 19.3. The van der Waals surface area contributed by atoms with Crippen LogP contribution >= 0.6 is 35.6 Å². The minimum atomic E-state index is -0.254. The fourth-order valence-electron chi connectivity index (χ4n) is 3.10. The fraction of sp³-hybridized carbons (Fsp3) is 0.533. The van der Waals surface area contributed by atoms with Gasteiger partial charge in [0.2, 0.25) is 0 Å². The molecule has 0 bridgehead atoms. The first-order chi connectivity index (χ1) is 10.1. The highest BCUT2D eigenvalue weighted by Gasteiger charge is 2.45. The van der Waals surface area contributed by atoms with Crippen LogP contribution in [0.4, 0.5) is 4.79 Å². The van der Waals surface area contributed by atoms with E-state index < -0.39 is 0 Å². The molecule has 122 valence electrons. The van der Waals surface area contributed by atoms with E-state index in [9.17, 15) is 4.79 Å². The Morgan fingerprint density at radius 2 is 1.77 bits per heavy atom. The number of nitrogens with zero attached hydrogens (tertiary/aromatic N) is 1. The number of hydrogen-bond acceptors (Lipinski definition) is 3. The van der Waals surface area contributed by atoms with E-state index in [1.807, 2.05) is 0 Å². The number of carbonyl (C=O) groups is 1. The van der Waals surface area contributed by atoms with Gasteiger partial charge in [-0.25, -0.2) is 4.79 Å². The second-order valence-corrected chi connectivity index (χ2v) is 6.81. The molecule has 0 radical (unpaired) electrons. The molecule has 1 amide bonds. The van der Waals surface area contributed by atoms with E-state index in [0.29, 0.717) is 15.5 Å². The van der Waals surface area contributed by atoms with E-state index in [4.69, 9.17) is 27.9 Å². The zero-order chi connectivity index (χ0) is 14.9. The Bertz CT molecular complexity index is 519. The molecule has 0 saturated carbocycles. The van der Waals surface area contributed by atoms with Gasteiger partial charge in [-0.2, -0.15) is 0 Å². The highest BCUT2D eigenvalue weighted by atomic mass is 35.5. The molecule has 0 aliphatic carbocycles. The number of hydrogen-bond donors (Lipinski definition) is 1. The largest absolute Gasteiger partial charge is 0.445 e. The Balaban J connectivity index is 0.00000176. The first-order valence-corrected chi connectivity index (χ1v) is 7.89. The summed E-state index contributed by atoms with van der Waals surface area (Å²) in [5, 5.41) is 4.44. The van der Waals surface area contributed by atoms with Crippen LogP contribution in [0.2, 0.25) is 10.0 Å². The van der Waals surface area contributed by atoms with Crippen LogP contribution in [0.1, 0.15) is 18.4 Å². The average molecular weight is 366 g/mol. The number of rotatable bonds is 2. The highest BCUT2D eigenvalue weighted by molar-refractivity contribution is 6.34. The lowest BCUT2D eigenvalue weighted by molar-refractivity contribution is -0.0232. The van der Waals surface area contributed by atoms with Crippen LogP contribution in [0, 0.1) is 5.41 Å². The first kappa shape index (κ1) is 17.7. The molecule has 7 heteroatoms. The van der Waals surface area contributed by atoms with Gasteiger partial charge in [0.05, 0.1) is 0 Å². The maximum atomic E-state index is 12.0. The molecule has 0 unspecified atom stereocenters. The Labute approximate surface area is 146 Å². The molecule has 1 aromatic carbocycles. The van der Waals surface area contributed by atoms with Crippen LogP contribution in [0.15, 0.2) is 18.2 Å². The van der Waals surface area contributed by atoms with Crippen molar-refractivity contribution in [2.45, 2.75) is 19.4 Å². The third kappa shape index (κ3) is 3.99. The molecule has 2 heterocycles. The van der Waals surface area contributed by atoms with Crippen molar-refractivity contribution in [2.75, 3.05) is 26.2 Å². The number of nitrogens with one attached hydrogen (secondary N) is 1. The number of amides is 1. The minimum Gasteiger partial charge on any atom is -0.445 e. The zero-order valence-corrected chi connectivity index (χ0v) is 14.4. The molecule has 2 aliphatic rings. The summed E-state index contributed by atoms with van der Waals surface area (Å²) < 4.78 is 5.33. The van der Waals surface area contributed by atoms with Crippen molar-refractivity contribution >= 4 is 41.7 Å². The molecule has 4 nitrogen and oxygen atoms in total. The Hall–Kier alpha value is -0.680. The summed E-state index contributed by atoms with van der Waals surface area (Å²) in [7, 11) is 0. The molecular formula is C15H19Cl3N2O2. The number of benzene rings is 1. The molecule has 22 heavy (non-hydrogen) atoms. The topological polar surface area (TPSA) is 41.6 Å².